The van der Waals surface area contributed by atoms with Crippen molar-refractivity contribution in [2.75, 3.05) is 0 Å². The summed E-state index contributed by atoms with van der Waals surface area (Å²) in [7, 11) is 0. The molecule has 21 heavy (non-hydrogen) atoms. The first kappa shape index (κ1) is 13.3. The highest BCUT2D eigenvalue weighted by atomic mass is 16.6. The normalized spacial score (nSPS) is 20.3. The zero-order valence-electron chi connectivity index (χ0n) is 11.1. The molecule has 2 aromatic rings. The molecule has 0 amide bonds. The van der Waals surface area contributed by atoms with E-state index >= 15 is 0 Å². The molecule has 1 heterocycles. The van der Waals surface area contributed by atoms with Crippen LogP contribution in [0.4, 0.5) is 5.69 Å². The van der Waals surface area contributed by atoms with Crippen molar-refractivity contribution in [2.45, 2.75) is 18.6 Å². The molecule has 104 valence electrons. The Morgan fingerprint density at radius 2 is 2.05 bits per heavy atom. The van der Waals surface area contributed by atoms with Gasteiger partial charge >= 0.3 is 0 Å². The van der Waals surface area contributed by atoms with Gasteiger partial charge in [-0.05, 0) is 16.7 Å². The number of ether oxygens (including phenoxy) is 1. The van der Waals surface area contributed by atoms with Crippen LogP contribution in [0.3, 0.4) is 0 Å². The van der Waals surface area contributed by atoms with Crippen LogP contribution in [0.2, 0.25) is 0 Å². The maximum atomic E-state index is 10.9. The zero-order chi connectivity index (χ0) is 14.8. The third-order valence-electron chi connectivity index (χ3n) is 3.68. The largest absolute Gasteiger partial charge is 0.358 e. The van der Waals surface area contributed by atoms with Crippen molar-refractivity contribution in [3.05, 3.63) is 75.3 Å². The number of non-ortho nitro benzene ring substituents is 1. The molecule has 2 atom stereocenters. The molecule has 0 spiro atoms. The van der Waals surface area contributed by atoms with Crippen molar-refractivity contribution in [1.82, 2.24) is 0 Å². The monoisotopic (exact) mass is 280 g/mol. The van der Waals surface area contributed by atoms with Crippen LogP contribution in [0, 0.1) is 21.4 Å². The van der Waals surface area contributed by atoms with Gasteiger partial charge in [-0.3, -0.25) is 10.1 Å². The van der Waals surface area contributed by atoms with Gasteiger partial charge in [0.15, 0.2) is 6.10 Å². The van der Waals surface area contributed by atoms with Gasteiger partial charge in [0.1, 0.15) is 0 Å². The molecule has 0 aromatic heterocycles. The molecule has 2 aromatic carbocycles. The molecule has 0 fully saturated rings. The van der Waals surface area contributed by atoms with Crippen LogP contribution in [0.5, 0.6) is 0 Å². The number of hydrogen-bond donors (Lipinski definition) is 0. The molecule has 0 N–H and O–H groups in total. The minimum Gasteiger partial charge on any atom is -0.358 e. The summed E-state index contributed by atoms with van der Waals surface area (Å²) in [5.74, 6) is -0.306. The zero-order valence-corrected chi connectivity index (χ0v) is 11.1. The van der Waals surface area contributed by atoms with Crippen molar-refractivity contribution in [2.24, 2.45) is 0 Å². The predicted molar refractivity (Wildman–Crippen MR) is 75.6 cm³/mol. The maximum absolute atomic E-state index is 10.9. The van der Waals surface area contributed by atoms with E-state index in [-0.39, 0.29) is 11.6 Å². The summed E-state index contributed by atoms with van der Waals surface area (Å²) in [4.78, 5) is 10.5. The fourth-order valence-electron chi connectivity index (χ4n) is 2.71. The fourth-order valence-corrected chi connectivity index (χ4v) is 2.71. The summed E-state index contributed by atoms with van der Waals surface area (Å²) >= 11 is 0. The summed E-state index contributed by atoms with van der Waals surface area (Å²) in [5.41, 5.74) is 2.76. The van der Waals surface area contributed by atoms with Crippen LogP contribution in [0.1, 0.15) is 22.6 Å². The van der Waals surface area contributed by atoms with Crippen LogP contribution in [0.25, 0.3) is 0 Å². The van der Waals surface area contributed by atoms with E-state index in [0.717, 1.165) is 16.7 Å². The molecule has 3 rings (SSSR count). The number of fused-ring (bicyclic) bond motifs is 1. The topological polar surface area (TPSA) is 76.2 Å². The minimum absolute atomic E-state index is 0.0206. The fraction of sp³-hybridized carbons (Fsp3) is 0.188. The first-order valence-corrected chi connectivity index (χ1v) is 6.54. The van der Waals surface area contributed by atoms with Crippen molar-refractivity contribution >= 4 is 5.69 Å². The molecule has 0 radical (unpaired) electrons. The van der Waals surface area contributed by atoms with Gasteiger partial charge in [0.2, 0.25) is 0 Å². The Bertz CT molecular complexity index is 736. The van der Waals surface area contributed by atoms with Crippen LogP contribution in [-0.2, 0) is 11.3 Å². The lowest BCUT2D eigenvalue weighted by Gasteiger charge is -2.30. The molecule has 1 aliphatic rings. The molecule has 0 saturated carbocycles. The molecule has 5 heteroatoms. The number of hydrogen-bond acceptors (Lipinski definition) is 4. The van der Waals surface area contributed by atoms with Gasteiger partial charge < -0.3 is 4.74 Å². The van der Waals surface area contributed by atoms with Gasteiger partial charge in [-0.25, -0.2) is 0 Å². The third kappa shape index (κ3) is 2.37. The molecule has 5 nitrogen and oxygen atoms in total. The number of nitro benzene ring substituents is 1. The highest BCUT2D eigenvalue weighted by Crippen LogP contribution is 2.37. The van der Waals surface area contributed by atoms with Crippen molar-refractivity contribution < 1.29 is 9.66 Å². The summed E-state index contributed by atoms with van der Waals surface area (Å²) in [6.45, 7) is 0.389. The summed E-state index contributed by atoms with van der Waals surface area (Å²) in [5, 5.41) is 20.3. The van der Waals surface area contributed by atoms with Crippen LogP contribution in [-0.4, -0.2) is 11.0 Å². The standard InChI is InChI=1S/C16H12N2O3/c17-9-15-16(11-5-3-6-13(8-11)18(19)20)14-7-2-1-4-12(14)10-21-15/h1-8,15-16H,10H2. The quantitative estimate of drug-likeness (QED) is 0.625. The third-order valence-corrected chi connectivity index (χ3v) is 3.68. The molecule has 0 saturated heterocycles. The van der Waals surface area contributed by atoms with Crippen LogP contribution in [0.15, 0.2) is 48.5 Å². The van der Waals surface area contributed by atoms with E-state index in [1.807, 2.05) is 24.3 Å². The highest BCUT2D eigenvalue weighted by molar-refractivity contribution is 5.45. The van der Waals surface area contributed by atoms with E-state index in [1.54, 1.807) is 12.1 Å². The molecule has 0 aliphatic carbocycles. The van der Waals surface area contributed by atoms with Crippen LogP contribution >= 0.6 is 0 Å². The van der Waals surface area contributed by atoms with E-state index in [0.29, 0.717) is 6.61 Å². The number of benzene rings is 2. The Morgan fingerprint density at radius 1 is 1.24 bits per heavy atom. The van der Waals surface area contributed by atoms with E-state index in [9.17, 15) is 15.4 Å². The van der Waals surface area contributed by atoms with Gasteiger partial charge in [0, 0.05) is 18.1 Å². The van der Waals surface area contributed by atoms with Gasteiger partial charge in [-0.15, -0.1) is 0 Å². The van der Waals surface area contributed by atoms with Gasteiger partial charge in [0.05, 0.1) is 17.6 Å². The van der Waals surface area contributed by atoms with E-state index in [4.69, 9.17) is 4.74 Å². The Hall–Kier alpha value is -2.71. The number of nitriles is 1. The van der Waals surface area contributed by atoms with Crippen LogP contribution < -0.4 is 0 Å². The first-order valence-electron chi connectivity index (χ1n) is 6.54. The Kier molecular flexibility index (Phi) is 3.38. The minimum atomic E-state index is -0.637. The molecule has 0 bridgehead atoms. The van der Waals surface area contributed by atoms with E-state index in [2.05, 4.69) is 6.07 Å². The molecule has 1 aliphatic heterocycles. The van der Waals surface area contributed by atoms with Crippen molar-refractivity contribution in [1.29, 1.82) is 5.26 Å². The van der Waals surface area contributed by atoms with E-state index in [1.165, 1.54) is 12.1 Å². The second-order valence-corrected chi connectivity index (χ2v) is 4.89. The van der Waals surface area contributed by atoms with Crippen molar-refractivity contribution in [3.8, 4) is 6.07 Å². The lowest BCUT2D eigenvalue weighted by atomic mass is 9.82. The molecular weight excluding hydrogens is 268 g/mol. The second kappa shape index (κ2) is 5.35. The van der Waals surface area contributed by atoms with Crippen molar-refractivity contribution in [3.63, 3.8) is 0 Å². The smallest absolute Gasteiger partial charge is 0.269 e. The Balaban J connectivity index is 2.12. The number of nitro groups is 1. The summed E-state index contributed by atoms with van der Waals surface area (Å²) in [6, 6.07) is 16.3. The van der Waals surface area contributed by atoms with Gasteiger partial charge in [-0.1, -0.05) is 36.4 Å². The van der Waals surface area contributed by atoms with Gasteiger partial charge in [0.25, 0.3) is 5.69 Å². The Morgan fingerprint density at radius 3 is 2.81 bits per heavy atom. The lowest BCUT2D eigenvalue weighted by Crippen LogP contribution is -2.27. The number of nitrogens with zero attached hydrogens (tertiary/aromatic N) is 2. The first-order chi connectivity index (χ1) is 10.2. The Labute approximate surface area is 121 Å². The second-order valence-electron chi connectivity index (χ2n) is 4.89. The average Bonchev–Trinajstić information content (AvgIpc) is 2.53. The maximum Gasteiger partial charge on any atom is 0.269 e. The average molecular weight is 280 g/mol. The molecule has 2 unspecified atom stereocenters. The predicted octanol–water partition coefficient (Wildman–Crippen LogP) is 3.15. The summed E-state index contributed by atoms with van der Waals surface area (Å²) < 4.78 is 5.59. The SMILES string of the molecule is N#CC1OCc2ccccc2C1c1cccc([N+](=O)[O-])c1. The summed E-state index contributed by atoms with van der Waals surface area (Å²) in [6.07, 6.45) is -0.637. The lowest BCUT2D eigenvalue weighted by molar-refractivity contribution is -0.384. The number of rotatable bonds is 2. The molecular formula is C16H12N2O3. The highest BCUT2D eigenvalue weighted by Gasteiger charge is 2.32. The van der Waals surface area contributed by atoms with E-state index < -0.39 is 11.0 Å². The van der Waals surface area contributed by atoms with Gasteiger partial charge in [-0.2, -0.15) is 5.26 Å².